The lowest BCUT2D eigenvalue weighted by molar-refractivity contribution is 0.473. The molecule has 0 atom stereocenters. The number of hydrogen-bond acceptors (Lipinski definition) is 9. The second-order valence-electron chi connectivity index (χ2n) is 8.04. The molecule has 0 fully saturated rings. The van der Waals surface area contributed by atoms with Crippen LogP contribution in [0.3, 0.4) is 0 Å². The second-order valence-corrected chi connectivity index (χ2v) is 9.70. The summed E-state index contributed by atoms with van der Waals surface area (Å²) in [5.41, 5.74) is 0.516. The summed E-state index contributed by atoms with van der Waals surface area (Å²) in [5.74, 6) is -0.131. The molecule has 172 valence electrons. The van der Waals surface area contributed by atoms with Gasteiger partial charge in [-0.25, -0.2) is 4.98 Å². The van der Waals surface area contributed by atoms with Gasteiger partial charge in [-0.3, -0.25) is 18.5 Å². The molecule has 0 saturated carbocycles. The zero-order chi connectivity index (χ0) is 23.8. The molecule has 11 heteroatoms. The monoisotopic (exact) mass is 468 g/mol. The van der Waals surface area contributed by atoms with E-state index in [0.29, 0.717) is 41.3 Å². The van der Waals surface area contributed by atoms with Crippen molar-refractivity contribution in [2.45, 2.75) is 31.7 Å². The van der Waals surface area contributed by atoms with Crippen LogP contribution in [-0.2, 0) is 6.54 Å². The Morgan fingerprint density at radius 3 is 2.82 bits per heavy atom. The second kappa shape index (κ2) is 8.74. The molecule has 3 heterocycles. The number of nitrogens with zero attached hydrogens (tertiary/aromatic N) is 4. The van der Waals surface area contributed by atoms with Gasteiger partial charge in [-0.2, -0.15) is 5.26 Å². The average Bonchev–Trinajstić information content (AvgIpc) is 2.77. The largest absolute Gasteiger partial charge is 0.506 e. The lowest BCUT2D eigenvalue weighted by Gasteiger charge is -2.34. The smallest absolute Gasteiger partial charge is 0.267 e. The van der Waals surface area contributed by atoms with E-state index in [1.165, 1.54) is 10.6 Å². The number of anilines is 2. The average molecular weight is 469 g/mol. The molecule has 2 aromatic heterocycles. The van der Waals surface area contributed by atoms with Crippen LogP contribution in [0.25, 0.3) is 11.0 Å². The summed E-state index contributed by atoms with van der Waals surface area (Å²) < 4.78 is 27.0. The maximum Gasteiger partial charge on any atom is 0.267 e. The Morgan fingerprint density at radius 1 is 1.30 bits per heavy atom. The minimum absolute atomic E-state index is 0.0504. The van der Waals surface area contributed by atoms with Gasteiger partial charge in [0.15, 0.2) is 5.84 Å². The molecule has 1 aliphatic rings. The highest BCUT2D eigenvalue weighted by Crippen LogP contribution is 2.56. The third kappa shape index (κ3) is 4.23. The maximum atomic E-state index is 13.5. The van der Waals surface area contributed by atoms with Crippen LogP contribution in [0.4, 0.5) is 11.4 Å². The maximum absolute atomic E-state index is 13.5. The summed E-state index contributed by atoms with van der Waals surface area (Å²) in [6, 6.07) is 9.99. The Kier molecular flexibility index (Phi) is 5.99. The predicted molar refractivity (Wildman–Crippen MR) is 129 cm³/mol. The molecule has 5 N–H and O–H groups in total. The highest BCUT2D eigenvalue weighted by Gasteiger charge is 2.31. The fourth-order valence-corrected chi connectivity index (χ4v) is 4.80. The van der Waals surface area contributed by atoms with Gasteiger partial charge in [0.1, 0.15) is 28.4 Å². The Morgan fingerprint density at radius 2 is 2.09 bits per heavy atom. The van der Waals surface area contributed by atoms with Crippen LogP contribution in [0.5, 0.6) is 5.75 Å². The standard InChI is InChI=1S/C22H24N6O4S/c1-13(2)7-11-28-21-15(4-3-9-25-21)19(29)18(22(28)30)20-26-16-6-5-14(24-10-8-23)12-17(16)33(31,32)27-20/h3-6,9,12-13,24,29,31-32H,7,10-11H2,1-2H3,(H,26,27). The number of rotatable bonds is 6. The Hall–Kier alpha value is -3.59. The Balaban J connectivity index is 1.86. The SMILES string of the molecule is CC(C)CCn1c(=O)c(C2=NS(O)(O)c3cc(NCC#N)ccc3N2)c(O)c2cccnc21. The fourth-order valence-electron chi connectivity index (χ4n) is 3.61. The molecule has 0 spiro atoms. The van der Waals surface area contributed by atoms with Crippen molar-refractivity contribution in [1.29, 1.82) is 5.26 Å². The lowest BCUT2D eigenvalue weighted by atomic mass is 10.1. The minimum Gasteiger partial charge on any atom is -0.506 e. The number of nitriles is 1. The normalized spacial score (nSPS) is 15.3. The zero-order valence-corrected chi connectivity index (χ0v) is 18.9. The van der Waals surface area contributed by atoms with Gasteiger partial charge in [-0.1, -0.05) is 24.6 Å². The molecule has 0 bridgehead atoms. The van der Waals surface area contributed by atoms with E-state index in [-0.39, 0.29) is 28.6 Å². The number of aromatic nitrogens is 2. The van der Waals surface area contributed by atoms with E-state index in [1.54, 1.807) is 30.5 Å². The molecule has 0 aliphatic carbocycles. The quantitative estimate of drug-likeness (QED) is 0.340. The molecule has 10 nitrogen and oxygen atoms in total. The van der Waals surface area contributed by atoms with Crippen LogP contribution >= 0.6 is 10.8 Å². The van der Waals surface area contributed by atoms with Crippen molar-refractivity contribution in [2.75, 3.05) is 17.2 Å². The van der Waals surface area contributed by atoms with Crippen molar-refractivity contribution >= 4 is 39.0 Å². The van der Waals surface area contributed by atoms with E-state index < -0.39 is 16.3 Å². The van der Waals surface area contributed by atoms with Gasteiger partial charge in [0.2, 0.25) is 0 Å². The third-order valence-electron chi connectivity index (χ3n) is 5.28. The Labute approximate surface area is 191 Å². The fraction of sp³-hybridized carbons (Fsp3) is 0.273. The zero-order valence-electron chi connectivity index (χ0n) is 18.1. The molecule has 0 saturated heterocycles. The molecule has 33 heavy (non-hydrogen) atoms. The van der Waals surface area contributed by atoms with Crippen molar-refractivity contribution in [3.8, 4) is 11.8 Å². The van der Waals surface area contributed by atoms with Crippen LogP contribution < -0.4 is 16.2 Å². The van der Waals surface area contributed by atoms with Gasteiger partial charge >= 0.3 is 0 Å². The summed E-state index contributed by atoms with van der Waals surface area (Å²) in [6.07, 6.45) is 2.26. The first-order valence-electron chi connectivity index (χ1n) is 10.3. The van der Waals surface area contributed by atoms with Crippen LogP contribution in [0.2, 0.25) is 0 Å². The molecular weight excluding hydrogens is 444 g/mol. The number of aromatic hydroxyl groups is 1. The van der Waals surface area contributed by atoms with Gasteiger partial charge in [0.25, 0.3) is 5.56 Å². The van der Waals surface area contributed by atoms with E-state index in [0.717, 1.165) is 0 Å². The van der Waals surface area contributed by atoms with E-state index in [9.17, 15) is 19.0 Å². The number of nitrogens with one attached hydrogen (secondary N) is 2. The number of hydrogen-bond donors (Lipinski definition) is 5. The van der Waals surface area contributed by atoms with Crippen LogP contribution in [-0.4, -0.2) is 36.1 Å². The molecule has 3 aromatic rings. The van der Waals surface area contributed by atoms with E-state index in [4.69, 9.17) is 5.26 Å². The van der Waals surface area contributed by atoms with Crippen molar-refractivity contribution < 1.29 is 14.2 Å². The molecule has 4 rings (SSSR count). The van der Waals surface area contributed by atoms with Gasteiger partial charge in [-0.05, 0) is 42.7 Å². The van der Waals surface area contributed by atoms with Crippen molar-refractivity contribution in [1.82, 2.24) is 9.55 Å². The van der Waals surface area contributed by atoms with Gasteiger partial charge < -0.3 is 15.7 Å². The summed E-state index contributed by atoms with van der Waals surface area (Å²) in [7, 11) is -3.68. The highest BCUT2D eigenvalue weighted by molar-refractivity contribution is 8.23. The van der Waals surface area contributed by atoms with E-state index >= 15 is 0 Å². The van der Waals surface area contributed by atoms with Crippen molar-refractivity contribution in [3.05, 3.63) is 52.4 Å². The van der Waals surface area contributed by atoms with Crippen molar-refractivity contribution in [3.63, 3.8) is 0 Å². The molecule has 1 aromatic carbocycles. The topological polar surface area (TPSA) is 156 Å². The van der Waals surface area contributed by atoms with E-state index in [1.807, 2.05) is 19.9 Å². The summed E-state index contributed by atoms with van der Waals surface area (Å²) in [5, 5.41) is 25.9. The number of aryl methyl sites for hydroxylation is 1. The lowest BCUT2D eigenvalue weighted by Crippen LogP contribution is -2.32. The first kappa shape index (κ1) is 22.6. The van der Waals surface area contributed by atoms with Gasteiger partial charge in [0.05, 0.1) is 17.1 Å². The highest BCUT2D eigenvalue weighted by atomic mass is 32.3. The molecule has 0 radical (unpaired) electrons. The number of pyridine rings is 2. The summed E-state index contributed by atoms with van der Waals surface area (Å²) in [4.78, 5) is 17.9. The minimum atomic E-state index is -3.68. The molecule has 0 amide bonds. The number of amidine groups is 1. The third-order valence-corrected chi connectivity index (χ3v) is 6.65. The first-order chi connectivity index (χ1) is 15.7. The molecule has 0 unspecified atom stereocenters. The van der Waals surface area contributed by atoms with Crippen LogP contribution in [0.1, 0.15) is 25.8 Å². The number of benzene rings is 1. The number of fused-ring (bicyclic) bond motifs is 2. The van der Waals surface area contributed by atoms with Gasteiger partial charge in [0, 0.05) is 18.4 Å². The van der Waals surface area contributed by atoms with E-state index in [2.05, 4.69) is 20.0 Å². The molecular formula is C22H24N6O4S. The van der Waals surface area contributed by atoms with Crippen LogP contribution in [0.15, 0.2) is 50.6 Å². The summed E-state index contributed by atoms with van der Waals surface area (Å²) in [6.45, 7) is 4.52. The van der Waals surface area contributed by atoms with Gasteiger partial charge in [-0.15, -0.1) is 4.40 Å². The Bertz CT molecular complexity index is 1360. The molecule has 1 aliphatic heterocycles. The van der Waals surface area contributed by atoms with Crippen molar-refractivity contribution in [2.24, 2.45) is 10.3 Å². The first-order valence-corrected chi connectivity index (χ1v) is 11.8. The summed E-state index contributed by atoms with van der Waals surface area (Å²) >= 11 is 0. The predicted octanol–water partition coefficient (Wildman–Crippen LogP) is 3.98. The van der Waals surface area contributed by atoms with Crippen LogP contribution in [0, 0.1) is 17.2 Å².